The Morgan fingerprint density at radius 3 is 2.62 bits per heavy atom. The van der Waals surface area contributed by atoms with Gasteiger partial charge >= 0.3 is 6.01 Å². The Kier molecular flexibility index (Phi) is 3.24. The van der Waals surface area contributed by atoms with E-state index in [0.29, 0.717) is 11.9 Å². The molecule has 0 unspecified atom stereocenters. The Hall–Kier alpha value is -1.36. The van der Waals surface area contributed by atoms with Crippen molar-refractivity contribution < 1.29 is 9.47 Å². The summed E-state index contributed by atoms with van der Waals surface area (Å²) in [7, 11) is 3.12. The summed E-state index contributed by atoms with van der Waals surface area (Å²) in [6.45, 7) is 0. The second-order valence-electron chi connectivity index (χ2n) is 3.20. The third-order valence-corrected chi connectivity index (χ3v) is 2.88. The molecule has 0 atom stereocenters. The van der Waals surface area contributed by atoms with Crippen molar-refractivity contribution in [3.8, 4) is 11.9 Å². The zero-order valence-electron chi connectivity index (χ0n) is 9.03. The summed E-state index contributed by atoms with van der Waals surface area (Å²) in [5.41, 5.74) is 1.97. The Morgan fingerprint density at radius 1 is 1.19 bits per heavy atom. The van der Waals surface area contributed by atoms with Crippen molar-refractivity contribution in [1.82, 2.24) is 9.97 Å². The maximum absolute atomic E-state index is 5.22. The molecule has 0 amide bonds. The lowest BCUT2D eigenvalue weighted by Gasteiger charge is -2.07. The fourth-order valence-corrected chi connectivity index (χ4v) is 1.81. The van der Waals surface area contributed by atoms with Crippen LogP contribution in [0, 0.1) is 0 Å². The van der Waals surface area contributed by atoms with Gasteiger partial charge < -0.3 is 9.47 Å². The molecule has 0 N–H and O–H groups in total. The second-order valence-corrected chi connectivity index (χ2v) is 3.77. The molecule has 0 aliphatic carbocycles. The second kappa shape index (κ2) is 4.65. The van der Waals surface area contributed by atoms with Crippen molar-refractivity contribution in [3.05, 3.63) is 23.8 Å². The minimum Gasteiger partial charge on any atom is -0.480 e. The molecule has 0 saturated carbocycles. The number of aromatic nitrogens is 2. The number of methoxy groups -OCH3 is 2. The molecule has 5 heteroatoms. The Labute approximate surface area is 102 Å². The number of hydrogen-bond acceptors (Lipinski definition) is 4. The summed E-state index contributed by atoms with van der Waals surface area (Å²) >= 11 is 3.41. The van der Waals surface area contributed by atoms with Crippen LogP contribution in [0.3, 0.4) is 0 Å². The molecule has 84 valence electrons. The molecule has 16 heavy (non-hydrogen) atoms. The molecule has 0 radical (unpaired) electrons. The third kappa shape index (κ3) is 1.95. The van der Waals surface area contributed by atoms with E-state index in [1.807, 2.05) is 18.2 Å². The topological polar surface area (TPSA) is 44.2 Å². The van der Waals surface area contributed by atoms with Crippen LogP contribution in [0.2, 0.25) is 0 Å². The van der Waals surface area contributed by atoms with E-state index < -0.39 is 0 Å². The lowest BCUT2D eigenvalue weighted by Crippen LogP contribution is -1.97. The molecule has 0 spiro atoms. The molecular formula is C11H11BrN2O2. The van der Waals surface area contributed by atoms with Crippen molar-refractivity contribution >= 4 is 26.8 Å². The maximum Gasteiger partial charge on any atom is 0.320 e. The van der Waals surface area contributed by atoms with E-state index in [9.17, 15) is 0 Å². The fraction of sp³-hybridized carbons (Fsp3) is 0.273. The summed E-state index contributed by atoms with van der Waals surface area (Å²) in [5.74, 6) is 0.532. The van der Waals surface area contributed by atoms with Crippen LogP contribution in [-0.2, 0) is 5.33 Å². The van der Waals surface area contributed by atoms with Crippen LogP contribution in [0.5, 0.6) is 11.9 Å². The first-order chi connectivity index (χ1) is 7.78. The predicted molar refractivity (Wildman–Crippen MR) is 65.3 cm³/mol. The quantitative estimate of drug-likeness (QED) is 0.812. The Balaban J connectivity index is 2.69. The highest BCUT2D eigenvalue weighted by atomic mass is 79.9. The number of ether oxygens (including phenoxy) is 2. The summed E-state index contributed by atoms with van der Waals surface area (Å²) in [5, 5.41) is 1.68. The Bertz CT molecular complexity index is 517. The van der Waals surface area contributed by atoms with Crippen molar-refractivity contribution in [3.63, 3.8) is 0 Å². The lowest BCUT2D eigenvalue weighted by molar-refractivity contribution is 0.357. The van der Waals surface area contributed by atoms with Gasteiger partial charge in [-0.2, -0.15) is 9.97 Å². The molecular weight excluding hydrogens is 272 g/mol. The number of alkyl halides is 1. The molecule has 1 heterocycles. The molecule has 2 aromatic rings. The highest BCUT2D eigenvalue weighted by Gasteiger charge is 2.08. The SMILES string of the molecule is COc1nc(OC)c2cc(CBr)ccc2n1. The van der Waals surface area contributed by atoms with E-state index in [2.05, 4.69) is 25.9 Å². The van der Waals surface area contributed by atoms with Crippen molar-refractivity contribution in [1.29, 1.82) is 0 Å². The van der Waals surface area contributed by atoms with E-state index in [0.717, 1.165) is 21.8 Å². The van der Waals surface area contributed by atoms with Crippen LogP contribution >= 0.6 is 15.9 Å². The van der Waals surface area contributed by atoms with Crippen molar-refractivity contribution in [2.75, 3.05) is 14.2 Å². The number of nitrogens with zero attached hydrogens (tertiary/aromatic N) is 2. The van der Waals surface area contributed by atoms with Gasteiger partial charge in [-0.25, -0.2) is 0 Å². The molecule has 1 aromatic carbocycles. The van der Waals surface area contributed by atoms with Crippen LogP contribution in [0.25, 0.3) is 10.9 Å². The van der Waals surface area contributed by atoms with Crippen LogP contribution in [0.4, 0.5) is 0 Å². The van der Waals surface area contributed by atoms with Crippen LogP contribution in [0.15, 0.2) is 18.2 Å². The van der Waals surface area contributed by atoms with Crippen molar-refractivity contribution in [2.24, 2.45) is 0 Å². The van der Waals surface area contributed by atoms with Gasteiger partial charge in [0.2, 0.25) is 5.88 Å². The van der Waals surface area contributed by atoms with Crippen LogP contribution in [0.1, 0.15) is 5.56 Å². The first-order valence-corrected chi connectivity index (χ1v) is 5.85. The first-order valence-electron chi connectivity index (χ1n) is 4.73. The molecule has 1 aromatic heterocycles. The fourth-order valence-electron chi connectivity index (χ4n) is 1.46. The van der Waals surface area contributed by atoms with Gasteiger partial charge in [0.05, 0.1) is 25.1 Å². The molecule has 4 nitrogen and oxygen atoms in total. The van der Waals surface area contributed by atoms with Crippen molar-refractivity contribution in [2.45, 2.75) is 5.33 Å². The zero-order chi connectivity index (χ0) is 11.5. The molecule has 0 aliphatic rings. The van der Waals surface area contributed by atoms with Crippen LogP contribution in [-0.4, -0.2) is 24.2 Å². The maximum atomic E-state index is 5.22. The standard InChI is InChI=1S/C11H11BrN2O2/c1-15-10-8-5-7(6-12)3-4-9(8)13-11(14-10)16-2/h3-5H,6H2,1-2H3. The highest BCUT2D eigenvalue weighted by Crippen LogP contribution is 2.26. The van der Waals surface area contributed by atoms with Gasteiger partial charge in [-0.05, 0) is 17.7 Å². The smallest absolute Gasteiger partial charge is 0.320 e. The highest BCUT2D eigenvalue weighted by molar-refractivity contribution is 9.08. The van der Waals surface area contributed by atoms with E-state index >= 15 is 0 Å². The van der Waals surface area contributed by atoms with E-state index in [4.69, 9.17) is 9.47 Å². The van der Waals surface area contributed by atoms with Crippen LogP contribution < -0.4 is 9.47 Å². The van der Waals surface area contributed by atoms with Gasteiger partial charge in [0.25, 0.3) is 0 Å². The molecule has 0 bridgehead atoms. The van der Waals surface area contributed by atoms with E-state index in [1.54, 1.807) is 7.11 Å². The zero-order valence-corrected chi connectivity index (χ0v) is 10.6. The Morgan fingerprint density at radius 2 is 2.00 bits per heavy atom. The van der Waals surface area contributed by atoms with Gasteiger partial charge in [-0.1, -0.05) is 22.0 Å². The van der Waals surface area contributed by atoms with Gasteiger partial charge in [-0.15, -0.1) is 0 Å². The third-order valence-electron chi connectivity index (χ3n) is 2.23. The molecule has 2 rings (SSSR count). The lowest BCUT2D eigenvalue weighted by atomic mass is 10.2. The average Bonchev–Trinajstić information content (AvgIpc) is 2.36. The van der Waals surface area contributed by atoms with E-state index in [-0.39, 0.29) is 0 Å². The largest absolute Gasteiger partial charge is 0.480 e. The number of fused-ring (bicyclic) bond motifs is 1. The normalized spacial score (nSPS) is 10.4. The monoisotopic (exact) mass is 282 g/mol. The molecule has 0 aliphatic heterocycles. The molecule has 0 fully saturated rings. The predicted octanol–water partition coefficient (Wildman–Crippen LogP) is 2.54. The number of hydrogen-bond donors (Lipinski definition) is 0. The van der Waals surface area contributed by atoms with Gasteiger partial charge in [0.15, 0.2) is 0 Å². The number of halogens is 1. The summed E-state index contributed by atoms with van der Waals surface area (Å²) in [6, 6.07) is 6.25. The summed E-state index contributed by atoms with van der Waals surface area (Å²) < 4.78 is 10.2. The minimum atomic E-state index is 0.316. The minimum absolute atomic E-state index is 0.316. The number of benzene rings is 1. The first kappa shape index (κ1) is 11.1. The average molecular weight is 283 g/mol. The number of rotatable bonds is 3. The molecule has 0 saturated heterocycles. The summed E-state index contributed by atoms with van der Waals surface area (Å²) in [6.07, 6.45) is 0. The summed E-state index contributed by atoms with van der Waals surface area (Å²) in [4.78, 5) is 8.39. The van der Waals surface area contributed by atoms with E-state index in [1.165, 1.54) is 7.11 Å². The van der Waals surface area contributed by atoms with Gasteiger partial charge in [0, 0.05) is 5.33 Å². The van der Waals surface area contributed by atoms with Gasteiger partial charge in [0.1, 0.15) is 0 Å². The van der Waals surface area contributed by atoms with Gasteiger partial charge in [-0.3, -0.25) is 0 Å².